The van der Waals surface area contributed by atoms with Crippen molar-refractivity contribution in [3.8, 4) is 0 Å². The summed E-state index contributed by atoms with van der Waals surface area (Å²) in [5, 5.41) is 0. The second-order valence-electron chi connectivity index (χ2n) is 4.42. The lowest BCUT2D eigenvalue weighted by Gasteiger charge is -2.08. The lowest BCUT2D eigenvalue weighted by molar-refractivity contribution is 0.502. The Morgan fingerprint density at radius 2 is 2.00 bits per heavy atom. The normalized spacial score (nSPS) is 36.1. The van der Waals surface area contributed by atoms with E-state index in [1.165, 1.54) is 18.4 Å². The first-order chi connectivity index (χ1) is 5.59. The average Bonchev–Trinajstić information content (AvgIpc) is 2.26. The topological polar surface area (TPSA) is 0 Å². The molecule has 1 saturated carbocycles. The van der Waals surface area contributed by atoms with Gasteiger partial charge in [0.25, 0.3) is 0 Å². The first kappa shape index (κ1) is 9.57. The van der Waals surface area contributed by atoms with Gasteiger partial charge in [0.2, 0.25) is 0 Å². The van der Waals surface area contributed by atoms with E-state index in [-0.39, 0.29) is 0 Å². The van der Waals surface area contributed by atoms with E-state index in [0.29, 0.717) is 0 Å². The van der Waals surface area contributed by atoms with Gasteiger partial charge in [-0.1, -0.05) is 38.2 Å². The molecule has 0 spiro atoms. The Kier molecular flexibility index (Phi) is 3.13. The third-order valence-electron chi connectivity index (χ3n) is 2.81. The minimum Gasteiger partial charge on any atom is -0.0961 e. The molecule has 0 nitrogen and oxygen atoms in total. The highest BCUT2D eigenvalue weighted by molar-refractivity contribution is 5.13. The van der Waals surface area contributed by atoms with E-state index in [1.807, 2.05) is 0 Å². The summed E-state index contributed by atoms with van der Waals surface area (Å²) in [5.41, 5.74) is 1.17. The summed E-state index contributed by atoms with van der Waals surface area (Å²) in [6, 6.07) is 0. The summed E-state index contributed by atoms with van der Waals surface area (Å²) in [5.74, 6) is 2.59. The molecule has 0 saturated heterocycles. The lowest BCUT2D eigenvalue weighted by Crippen LogP contribution is -1.98. The summed E-state index contributed by atoms with van der Waals surface area (Å²) < 4.78 is 0. The van der Waals surface area contributed by atoms with E-state index < -0.39 is 0 Å². The number of rotatable bonds is 2. The van der Waals surface area contributed by atoms with Crippen molar-refractivity contribution >= 4 is 0 Å². The van der Waals surface area contributed by atoms with Crippen molar-refractivity contribution in [3.63, 3.8) is 0 Å². The first-order valence-electron chi connectivity index (χ1n) is 4.93. The highest BCUT2D eigenvalue weighted by atomic mass is 14.3. The molecule has 0 aromatic rings. The van der Waals surface area contributed by atoms with Crippen LogP contribution in [0.15, 0.2) is 24.3 Å². The van der Waals surface area contributed by atoms with E-state index in [9.17, 15) is 0 Å². The Morgan fingerprint density at radius 3 is 2.42 bits per heavy atom. The van der Waals surface area contributed by atoms with E-state index in [1.54, 1.807) is 0 Å². The highest BCUT2D eigenvalue weighted by Gasteiger charge is 2.26. The number of hydrogen-bond acceptors (Lipinski definition) is 0. The molecule has 0 heterocycles. The summed E-state index contributed by atoms with van der Waals surface area (Å²) in [6.45, 7) is 10.6. The molecule has 0 heteroatoms. The van der Waals surface area contributed by atoms with Crippen LogP contribution in [0.25, 0.3) is 0 Å². The molecule has 12 heavy (non-hydrogen) atoms. The molecule has 68 valence electrons. The van der Waals surface area contributed by atoms with Crippen LogP contribution < -0.4 is 0 Å². The second kappa shape index (κ2) is 3.93. The molecule has 1 aliphatic carbocycles. The van der Waals surface area contributed by atoms with Crippen molar-refractivity contribution in [2.45, 2.75) is 33.6 Å². The van der Waals surface area contributed by atoms with Crippen LogP contribution in [0.3, 0.4) is 0 Å². The van der Waals surface area contributed by atoms with Gasteiger partial charge in [0, 0.05) is 0 Å². The van der Waals surface area contributed by atoms with Crippen molar-refractivity contribution in [2.75, 3.05) is 0 Å². The van der Waals surface area contributed by atoms with Crippen molar-refractivity contribution in [3.05, 3.63) is 24.3 Å². The van der Waals surface area contributed by atoms with Crippen LogP contribution in [-0.2, 0) is 0 Å². The van der Waals surface area contributed by atoms with Gasteiger partial charge >= 0.3 is 0 Å². The zero-order valence-corrected chi connectivity index (χ0v) is 8.51. The Bertz CT molecular complexity index is 188. The minimum atomic E-state index is 0.802. The summed E-state index contributed by atoms with van der Waals surface area (Å²) in [6.07, 6.45) is 7.27. The van der Waals surface area contributed by atoms with Crippen LogP contribution in [0.4, 0.5) is 0 Å². The van der Waals surface area contributed by atoms with Crippen LogP contribution in [0.1, 0.15) is 33.6 Å². The van der Waals surface area contributed by atoms with E-state index in [0.717, 1.165) is 17.8 Å². The van der Waals surface area contributed by atoms with E-state index in [4.69, 9.17) is 0 Å². The molecule has 1 aliphatic rings. The molecule has 3 unspecified atom stereocenters. The average molecular weight is 164 g/mol. The zero-order chi connectivity index (χ0) is 9.14. The third kappa shape index (κ3) is 2.51. The van der Waals surface area contributed by atoms with Crippen molar-refractivity contribution in [1.29, 1.82) is 0 Å². The fourth-order valence-electron chi connectivity index (χ4n) is 2.16. The Labute approximate surface area is 76.4 Å². The van der Waals surface area contributed by atoms with Crippen molar-refractivity contribution < 1.29 is 0 Å². The van der Waals surface area contributed by atoms with E-state index >= 15 is 0 Å². The Balaban J connectivity index is 2.48. The summed E-state index contributed by atoms with van der Waals surface area (Å²) in [4.78, 5) is 0. The predicted octanol–water partition coefficient (Wildman–Crippen LogP) is 3.80. The maximum atomic E-state index is 3.87. The van der Waals surface area contributed by atoms with Gasteiger partial charge < -0.3 is 0 Å². The summed E-state index contributed by atoms with van der Waals surface area (Å²) >= 11 is 0. The monoisotopic (exact) mass is 164 g/mol. The molecule has 0 N–H and O–H groups in total. The van der Waals surface area contributed by atoms with Crippen LogP contribution in [-0.4, -0.2) is 0 Å². The quantitative estimate of drug-likeness (QED) is 0.544. The van der Waals surface area contributed by atoms with Crippen molar-refractivity contribution in [1.82, 2.24) is 0 Å². The predicted molar refractivity (Wildman–Crippen MR) is 55.0 cm³/mol. The molecule has 0 amide bonds. The molecular formula is C12H20. The van der Waals surface area contributed by atoms with E-state index in [2.05, 4.69) is 39.5 Å². The van der Waals surface area contributed by atoms with Crippen LogP contribution in [0.2, 0.25) is 0 Å². The van der Waals surface area contributed by atoms with Crippen LogP contribution >= 0.6 is 0 Å². The Hall–Kier alpha value is -0.520. The SMILES string of the molecule is C=C(C)/C=C/C1CC(C)CC1C. The highest BCUT2D eigenvalue weighted by Crippen LogP contribution is 2.36. The van der Waals surface area contributed by atoms with Gasteiger partial charge in [-0.25, -0.2) is 0 Å². The molecule has 0 radical (unpaired) electrons. The van der Waals surface area contributed by atoms with Gasteiger partial charge in [-0.15, -0.1) is 0 Å². The van der Waals surface area contributed by atoms with Gasteiger partial charge in [-0.2, -0.15) is 0 Å². The number of hydrogen-bond donors (Lipinski definition) is 0. The van der Waals surface area contributed by atoms with Gasteiger partial charge in [-0.3, -0.25) is 0 Å². The van der Waals surface area contributed by atoms with Crippen LogP contribution in [0.5, 0.6) is 0 Å². The maximum Gasteiger partial charge on any atom is -0.0202 e. The molecule has 3 atom stereocenters. The molecule has 1 rings (SSSR count). The fraction of sp³-hybridized carbons (Fsp3) is 0.667. The zero-order valence-electron chi connectivity index (χ0n) is 8.51. The molecule has 0 bridgehead atoms. The van der Waals surface area contributed by atoms with Gasteiger partial charge in [0.15, 0.2) is 0 Å². The first-order valence-corrected chi connectivity index (χ1v) is 4.93. The number of allylic oxidation sites excluding steroid dienone is 3. The molecule has 0 aliphatic heterocycles. The smallest absolute Gasteiger partial charge is 0.0202 e. The third-order valence-corrected chi connectivity index (χ3v) is 2.81. The van der Waals surface area contributed by atoms with Crippen LogP contribution in [0, 0.1) is 17.8 Å². The fourth-order valence-corrected chi connectivity index (χ4v) is 2.16. The maximum absolute atomic E-state index is 3.87. The van der Waals surface area contributed by atoms with Gasteiger partial charge in [-0.05, 0) is 37.5 Å². The molecule has 0 aromatic heterocycles. The molecule has 0 aromatic carbocycles. The Morgan fingerprint density at radius 1 is 1.33 bits per heavy atom. The standard InChI is InChI=1S/C12H20/c1-9(2)5-6-12-8-10(3)7-11(12)4/h5-6,10-12H,1,7-8H2,2-4H3/b6-5+. The molecule has 1 fully saturated rings. The lowest BCUT2D eigenvalue weighted by atomic mass is 9.97. The summed E-state index contributed by atoms with van der Waals surface area (Å²) in [7, 11) is 0. The second-order valence-corrected chi connectivity index (χ2v) is 4.42. The van der Waals surface area contributed by atoms with Gasteiger partial charge in [0.1, 0.15) is 0 Å². The minimum absolute atomic E-state index is 0.802. The van der Waals surface area contributed by atoms with Gasteiger partial charge in [0.05, 0.1) is 0 Å². The molecular weight excluding hydrogens is 144 g/mol. The largest absolute Gasteiger partial charge is 0.0961 e. The van der Waals surface area contributed by atoms with Crippen molar-refractivity contribution in [2.24, 2.45) is 17.8 Å².